The molecule has 0 aliphatic heterocycles. The van der Waals surface area contributed by atoms with Gasteiger partial charge in [-0.25, -0.2) is 0 Å². The third kappa shape index (κ3) is 1.93. The summed E-state index contributed by atoms with van der Waals surface area (Å²) < 4.78 is 3.17. The number of aliphatic hydroxyl groups excluding tert-OH is 1. The number of hydrogen-bond donors (Lipinski definition) is 1. The molecule has 0 saturated heterocycles. The summed E-state index contributed by atoms with van der Waals surface area (Å²) >= 11 is 3.47. The first-order valence-corrected chi connectivity index (χ1v) is 5.94. The molecule has 84 valence electrons. The molecule has 0 fully saturated rings. The van der Waals surface area contributed by atoms with Crippen molar-refractivity contribution in [1.29, 1.82) is 0 Å². The molecular weight excluding hydrogens is 266 g/mol. The van der Waals surface area contributed by atoms with E-state index in [1.54, 1.807) is 0 Å². The van der Waals surface area contributed by atoms with Crippen LogP contribution in [0.1, 0.15) is 11.3 Å². The van der Waals surface area contributed by atoms with Crippen molar-refractivity contribution in [2.75, 3.05) is 0 Å². The minimum atomic E-state index is 0.0909. The van der Waals surface area contributed by atoms with E-state index >= 15 is 0 Å². The van der Waals surface area contributed by atoms with Gasteiger partial charge < -0.3 is 9.67 Å². The molecular formula is C13H14BrNO. The van der Waals surface area contributed by atoms with Crippen LogP contribution in [0.15, 0.2) is 34.8 Å². The maximum atomic E-state index is 9.24. The Morgan fingerprint density at radius 3 is 2.62 bits per heavy atom. The summed E-state index contributed by atoms with van der Waals surface area (Å²) in [6, 6.07) is 10.2. The Morgan fingerprint density at radius 2 is 2.06 bits per heavy atom. The van der Waals surface area contributed by atoms with E-state index in [0.29, 0.717) is 0 Å². The molecule has 0 radical (unpaired) electrons. The van der Waals surface area contributed by atoms with Gasteiger partial charge in [-0.1, -0.05) is 28.1 Å². The van der Waals surface area contributed by atoms with E-state index in [4.69, 9.17) is 0 Å². The number of aromatic nitrogens is 1. The Bertz CT molecular complexity index is 517. The lowest BCUT2D eigenvalue weighted by molar-refractivity contribution is 0.281. The van der Waals surface area contributed by atoms with Gasteiger partial charge in [-0.3, -0.25) is 0 Å². The van der Waals surface area contributed by atoms with Crippen molar-refractivity contribution in [3.8, 4) is 11.3 Å². The Kier molecular flexibility index (Phi) is 3.17. The average Bonchev–Trinajstić information content (AvgIpc) is 2.56. The summed E-state index contributed by atoms with van der Waals surface area (Å²) in [5.41, 5.74) is 4.37. The van der Waals surface area contributed by atoms with Crippen LogP contribution in [0.3, 0.4) is 0 Å². The van der Waals surface area contributed by atoms with Crippen LogP contribution in [0.4, 0.5) is 0 Å². The van der Waals surface area contributed by atoms with Crippen LogP contribution in [-0.4, -0.2) is 9.67 Å². The van der Waals surface area contributed by atoms with E-state index in [2.05, 4.69) is 32.6 Å². The van der Waals surface area contributed by atoms with Crippen molar-refractivity contribution in [1.82, 2.24) is 4.57 Å². The predicted molar refractivity (Wildman–Crippen MR) is 69.2 cm³/mol. The number of benzene rings is 1. The molecule has 0 spiro atoms. The van der Waals surface area contributed by atoms with E-state index in [1.165, 1.54) is 0 Å². The number of aliphatic hydroxyl groups is 1. The first-order chi connectivity index (χ1) is 7.63. The highest BCUT2D eigenvalue weighted by Gasteiger charge is 2.09. The molecule has 0 saturated carbocycles. The molecule has 0 atom stereocenters. The average molecular weight is 280 g/mol. The summed E-state index contributed by atoms with van der Waals surface area (Å²) in [5, 5.41) is 9.24. The van der Waals surface area contributed by atoms with Crippen LogP contribution >= 0.6 is 15.9 Å². The molecule has 16 heavy (non-hydrogen) atoms. The Labute approximate surface area is 104 Å². The fourth-order valence-corrected chi connectivity index (χ4v) is 2.25. The molecule has 0 aliphatic carbocycles. The molecule has 1 heterocycles. The molecule has 1 aromatic carbocycles. The number of halogens is 1. The fourth-order valence-electron chi connectivity index (χ4n) is 1.85. The van der Waals surface area contributed by atoms with Gasteiger partial charge in [0.1, 0.15) is 0 Å². The number of nitrogens with zero attached hydrogens (tertiary/aromatic N) is 1. The van der Waals surface area contributed by atoms with Gasteiger partial charge >= 0.3 is 0 Å². The zero-order chi connectivity index (χ0) is 11.7. The Morgan fingerprint density at radius 1 is 1.31 bits per heavy atom. The quantitative estimate of drug-likeness (QED) is 0.897. The van der Waals surface area contributed by atoms with Crippen LogP contribution in [0.2, 0.25) is 0 Å². The van der Waals surface area contributed by atoms with Crippen molar-refractivity contribution in [3.63, 3.8) is 0 Å². The van der Waals surface area contributed by atoms with Crippen molar-refractivity contribution < 1.29 is 5.11 Å². The summed E-state index contributed by atoms with van der Waals surface area (Å²) in [5.74, 6) is 0. The fraction of sp³-hybridized carbons (Fsp3) is 0.231. The molecule has 3 heteroatoms. The lowest BCUT2D eigenvalue weighted by Crippen LogP contribution is -1.95. The van der Waals surface area contributed by atoms with E-state index in [0.717, 1.165) is 27.0 Å². The van der Waals surface area contributed by atoms with Gasteiger partial charge in [0.15, 0.2) is 0 Å². The van der Waals surface area contributed by atoms with Gasteiger partial charge in [0.05, 0.1) is 6.61 Å². The molecule has 0 unspecified atom stereocenters. The monoisotopic (exact) mass is 279 g/mol. The highest BCUT2D eigenvalue weighted by Crippen LogP contribution is 2.26. The molecule has 2 aromatic rings. The molecule has 2 rings (SSSR count). The molecule has 0 aliphatic rings. The van der Waals surface area contributed by atoms with Crippen LogP contribution in [0.5, 0.6) is 0 Å². The smallest absolute Gasteiger partial charge is 0.0699 e. The highest BCUT2D eigenvalue weighted by atomic mass is 79.9. The van der Waals surface area contributed by atoms with Gasteiger partial charge in [-0.15, -0.1) is 0 Å². The van der Waals surface area contributed by atoms with Gasteiger partial charge in [0.2, 0.25) is 0 Å². The number of rotatable bonds is 2. The normalized spacial score (nSPS) is 10.8. The van der Waals surface area contributed by atoms with Gasteiger partial charge in [-0.05, 0) is 36.2 Å². The van der Waals surface area contributed by atoms with E-state index in [9.17, 15) is 5.11 Å². The van der Waals surface area contributed by atoms with Gasteiger partial charge in [0.25, 0.3) is 0 Å². The molecule has 1 aromatic heterocycles. The first kappa shape index (κ1) is 11.4. The lowest BCUT2D eigenvalue weighted by Gasteiger charge is -2.05. The standard InChI is InChI=1S/C13H14BrNO/c1-9-11(8-16)7-13(15(9)2)10-4-3-5-12(14)6-10/h3-7,16H,8H2,1-2H3. The molecule has 1 N–H and O–H groups in total. The molecule has 0 bridgehead atoms. The maximum absolute atomic E-state index is 9.24. The summed E-state index contributed by atoms with van der Waals surface area (Å²) in [6.07, 6.45) is 0. The molecule has 0 amide bonds. The number of hydrogen-bond acceptors (Lipinski definition) is 1. The van der Waals surface area contributed by atoms with Crippen molar-refractivity contribution in [2.24, 2.45) is 7.05 Å². The zero-order valence-electron chi connectivity index (χ0n) is 9.37. The zero-order valence-corrected chi connectivity index (χ0v) is 11.0. The van der Waals surface area contributed by atoms with Crippen molar-refractivity contribution in [2.45, 2.75) is 13.5 Å². The highest BCUT2D eigenvalue weighted by molar-refractivity contribution is 9.10. The van der Waals surface area contributed by atoms with Crippen molar-refractivity contribution >= 4 is 15.9 Å². The predicted octanol–water partition coefficient (Wildman–Crippen LogP) is 3.26. The topological polar surface area (TPSA) is 25.2 Å². The maximum Gasteiger partial charge on any atom is 0.0699 e. The minimum absolute atomic E-state index is 0.0909. The van der Waals surface area contributed by atoms with Gasteiger partial charge in [-0.2, -0.15) is 0 Å². The van der Waals surface area contributed by atoms with Crippen LogP contribution in [0.25, 0.3) is 11.3 Å². The third-order valence-electron chi connectivity index (χ3n) is 2.93. The van der Waals surface area contributed by atoms with E-state index < -0.39 is 0 Å². The Hall–Kier alpha value is -1.06. The largest absolute Gasteiger partial charge is 0.392 e. The van der Waals surface area contributed by atoms with Crippen LogP contribution < -0.4 is 0 Å². The third-order valence-corrected chi connectivity index (χ3v) is 3.42. The van der Waals surface area contributed by atoms with Crippen LogP contribution in [0, 0.1) is 6.92 Å². The van der Waals surface area contributed by atoms with E-state index in [1.807, 2.05) is 32.2 Å². The summed E-state index contributed by atoms with van der Waals surface area (Å²) in [7, 11) is 2.02. The summed E-state index contributed by atoms with van der Waals surface area (Å²) in [6.45, 7) is 2.11. The second-order valence-corrected chi connectivity index (χ2v) is 4.78. The second kappa shape index (κ2) is 4.44. The van der Waals surface area contributed by atoms with Crippen molar-refractivity contribution in [3.05, 3.63) is 46.1 Å². The summed E-state index contributed by atoms with van der Waals surface area (Å²) in [4.78, 5) is 0. The minimum Gasteiger partial charge on any atom is -0.392 e. The molecule has 2 nitrogen and oxygen atoms in total. The SMILES string of the molecule is Cc1c(CO)cc(-c2cccc(Br)c2)n1C. The first-order valence-electron chi connectivity index (χ1n) is 5.15. The lowest BCUT2D eigenvalue weighted by atomic mass is 10.1. The Balaban J connectivity index is 2.56. The van der Waals surface area contributed by atoms with E-state index in [-0.39, 0.29) is 6.61 Å². The van der Waals surface area contributed by atoms with Crippen LogP contribution in [-0.2, 0) is 13.7 Å². The second-order valence-electron chi connectivity index (χ2n) is 3.87. The van der Waals surface area contributed by atoms with Gasteiger partial charge in [0, 0.05) is 22.9 Å².